The van der Waals surface area contributed by atoms with E-state index >= 15 is 0 Å². The number of aromatic carboxylic acids is 1. The minimum Gasteiger partial charge on any atom is -0.476 e. The van der Waals surface area contributed by atoms with Crippen molar-refractivity contribution in [2.24, 2.45) is 17.8 Å². The molecule has 0 aromatic carbocycles. The fourth-order valence-corrected chi connectivity index (χ4v) is 5.73. The molecule has 0 radical (unpaired) electrons. The number of hydrogen-bond donors (Lipinski definition) is 1. The summed E-state index contributed by atoms with van der Waals surface area (Å²) in [7, 11) is 0. The first kappa shape index (κ1) is 10.9. The summed E-state index contributed by atoms with van der Waals surface area (Å²) in [6.07, 6.45) is 7.51. The molecule has 1 heterocycles. The van der Waals surface area contributed by atoms with Gasteiger partial charge in [0, 0.05) is 5.41 Å². The third kappa shape index (κ3) is 1.40. The number of carbonyl (C=O) groups is 1. The van der Waals surface area contributed by atoms with Gasteiger partial charge in [0.25, 0.3) is 0 Å². The third-order valence-electron chi connectivity index (χ3n) is 5.23. The minimum atomic E-state index is -0.908. The van der Waals surface area contributed by atoms with Crippen LogP contribution in [0.4, 0.5) is 0 Å². The highest BCUT2D eigenvalue weighted by atomic mass is 32.1. The smallest absolute Gasteiger partial charge is 0.357 e. The number of carboxylic acids is 1. The molecule has 0 spiro atoms. The van der Waals surface area contributed by atoms with Gasteiger partial charge in [-0.15, -0.1) is 0 Å². The van der Waals surface area contributed by atoms with Gasteiger partial charge in [0.2, 0.25) is 0 Å². The Bertz CT molecular complexity index is 476. The summed E-state index contributed by atoms with van der Waals surface area (Å²) in [6, 6.07) is 0. The Morgan fingerprint density at radius 2 is 1.67 bits per heavy atom. The standard InChI is InChI=1S/C13H16N2O2S/c16-12(17)10-11(15-18-14-10)13-4-7-1-8(5-13)3-9(2-7)6-13/h7-9H,1-6H2,(H,16,17). The van der Waals surface area contributed by atoms with E-state index in [4.69, 9.17) is 0 Å². The van der Waals surface area contributed by atoms with Gasteiger partial charge < -0.3 is 5.11 Å². The van der Waals surface area contributed by atoms with Crippen LogP contribution < -0.4 is 0 Å². The molecule has 4 bridgehead atoms. The van der Waals surface area contributed by atoms with Crippen LogP contribution in [0.25, 0.3) is 0 Å². The van der Waals surface area contributed by atoms with E-state index < -0.39 is 5.97 Å². The van der Waals surface area contributed by atoms with Crippen molar-refractivity contribution in [2.45, 2.75) is 43.9 Å². The molecule has 0 unspecified atom stereocenters. The molecule has 1 aromatic rings. The van der Waals surface area contributed by atoms with Crippen LogP contribution >= 0.6 is 11.7 Å². The van der Waals surface area contributed by atoms with Crippen LogP contribution in [-0.2, 0) is 5.41 Å². The molecular formula is C13H16N2O2S. The van der Waals surface area contributed by atoms with Gasteiger partial charge in [0.1, 0.15) is 0 Å². The molecule has 4 aliphatic carbocycles. The van der Waals surface area contributed by atoms with E-state index in [0.717, 1.165) is 54.4 Å². The van der Waals surface area contributed by atoms with Crippen molar-refractivity contribution in [1.82, 2.24) is 8.75 Å². The maximum Gasteiger partial charge on any atom is 0.357 e. The minimum absolute atomic E-state index is 0.0511. The molecule has 4 aliphatic rings. The quantitative estimate of drug-likeness (QED) is 0.892. The van der Waals surface area contributed by atoms with Gasteiger partial charge in [-0.1, -0.05) is 0 Å². The fourth-order valence-electron chi connectivity index (χ4n) is 5.08. The molecular weight excluding hydrogens is 248 g/mol. The lowest BCUT2D eigenvalue weighted by molar-refractivity contribution is -0.00753. The van der Waals surface area contributed by atoms with Gasteiger partial charge in [0.15, 0.2) is 5.69 Å². The Balaban J connectivity index is 1.79. The van der Waals surface area contributed by atoms with Crippen molar-refractivity contribution >= 4 is 17.7 Å². The van der Waals surface area contributed by atoms with Crippen molar-refractivity contribution in [2.75, 3.05) is 0 Å². The molecule has 0 atom stereocenters. The molecule has 1 N–H and O–H groups in total. The normalized spacial score (nSPS) is 41.2. The van der Waals surface area contributed by atoms with Crippen LogP contribution in [0.15, 0.2) is 0 Å². The molecule has 0 amide bonds. The zero-order chi connectivity index (χ0) is 12.3. The van der Waals surface area contributed by atoms with E-state index in [1.807, 2.05) is 0 Å². The van der Waals surface area contributed by atoms with Gasteiger partial charge >= 0.3 is 5.97 Å². The topological polar surface area (TPSA) is 63.1 Å². The van der Waals surface area contributed by atoms with Crippen LogP contribution in [-0.4, -0.2) is 19.8 Å². The lowest BCUT2D eigenvalue weighted by Gasteiger charge is -2.56. The van der Waals surface area contributed by atoms with Crippen molar-refractivity contribution in [3.8, 4) is 0 Å². The molecule has 1 aromatic heterocycles. The van der Waals surface area contributed by atoms with E-state index in [0.29, 0.717) is 0 Å². The Hall–Kier alpha value is -0.970. The summed E-state index contributed by atoms with van der Waals surface area (Å²) < 4.78 is 8.38. The first-order valence-electron chi connectivity index (χ1n) is 6.72. The zero-order valence-corrected chi connectivity index (χ0v) is 10.9. The molecule has 5 heteroatoms. The summed E-state index contributed by atoms with van der Waals surface area (Å²) >= 11 is 1.06. The second-order valence-electron chi connectivity index (χ2n) is 6.46. The van der Waals surface area contributed by atoms with E-state index in [1.54, 1.807) is 0 Å². The van der Waals surface area contributed by atoms with Crippen LogP contribution in [0.1, 0.15) is 54.7 Å². The fraction of sp³-hybridized carbons (Fsp3) is 0.769. The number of nitrogens with zero attached hydrogens (tertiary/aromatic N) is 2. The summed E-state index contributed by atoms with van der Waals surface area (Å²) in [5.41, 5.74) is 1.08. The Morgan fingerprint density at radius 1 is 1.11 bits per heavy atom. The number of carboxylic acid groups (broad SMARTS) is 1. The largest absolute Gasteiger partial charge is 0.476 e. The van der Waals surface area contributed by atoms with E-state index in [2.05, 4.69) is 8.75 Å². The maximum absolute atomic E-state index is 11.3. The first-order chi connectivity index (χ1) is 8.66. The highest BCUT2D eigenvalue weighted by Crippen LogP contribution is 2.60. The second-order valence-corrected chi connectivity index (χ2v) is 6.99. The number of aromatic nitrogens is 2. The SMILES string of the molecule is O=C(O)c1nsnc1C12CC3CC(CC(C3)C1)C2. The average Bonchev–Trinajstić information content (AvgIpc) is 2.76. The van der Waals surface area contributed by atoms with Crippen LogP contribution in [0, 0.1) is 17.8 Å². The summed E-state index contributed by atoms with van der Waals surface area (Å²) in [5, 5.41) is 9.26. The summed E-state index contributed by atoms with van der Waals surface area (Å²) in [4.78, 5) is 11.3. The highest BCUT2D eigenvalue weighted by Gasteiger charge is 2.54. The van der Waals surface area contributed by atoms with Gasteiger partial charge in [-0.2, -0.15) is 8.75 Å². The van der Waals surface area contributed by atoms with Crippen LogP contribution in [0.3, 0.4) is 0 Å². The third-order valence-corrected chi connectivity index (χ3v) is 5.76. The molecule has 18 heavy (non-hydrogen) atoms. The maximum atomic E-state index is 11.3. The number of rotatable bonds is 2. The summed E-state index contributed by atoms with van der Waals surface area (Å²) in [6.45, 7) is 0. The number of hydrogen-bond acceptors (Lipinski definition) is 4. The first-order valence-corrected chi connectivity index (χ1v) is 7.46. The Kier molecular flexibility index (Phi) is 2.14. The van der Waals surface area contributed by atoms with Crippen molar-refractivity contribution in [3.05, 3.63) is 11.4 Å². The predicted octanol–water partition coefficient (Wildman–Crippen LogP) is 2.70. The highest BCUT2D eigenvalue weighted by molar-refractivity contribution is 6.99. The Morgan fingerprint density at radius 3 is 2.17 bits per heavy atom. The van der Waals surface area contributed by atoms with Gasteiger partial charge in [-0.25, -0.2) is 4.79 Å². The summed E-state index contributed by atoms with van der Waals surface area (Å²) in [5.74, 6) is 1.51. The average molecular weight is 264 g/mol. The molecule has 5 rings (SSSR count). The van der Waals surface area contributed by atoms with E-state index in [1.165, 1.54) is 19.3 Å². The van der Waals surface area contributed by atoms with Crippen molar-refractivity contribution in [3.63, 3.8) is 0 Å². The van der Waals surface area contributed by atoms with Crippen molar-refractivity contribution in [1.29, 1.82) is 0 Å². The lowest BCUT2D eigenvalue weighted by atomic mass is 9.48. The predicted molar refractivity (Wildman–Crippen MR) is 66.7 cm³/mol. The lowest BCUT2D eigenvalue weighted by Crippen LogP contribution is -2.49. The molecule has 4 fully saturated rings. The monoisotopic (exact) mass is 264 g/mol. The zero-order valence-electron chi connectivity index (χ0n) is 10.1. The molecule has 4 saturated carbocycles. The van der Waals surface area contributed by atoms with E-state index in [-0.39, 0.29) is 11.1 Å². The Labute approximate surface area is 110 Å². The van der Waals surface area contributed by atoms with Crippen LogP contribution in [0.2, 0.25) is 0 Å². The van der Waals surface area contributed by atoms with Crippen LogP contribution in [0.5, 0.6) is 0 Å². The molecule has 96 valence electrons. The van der Waals surface area contributed by atoms with Gasteiger partial charge in [-0.3, -0.25) is 0 Å². The second kappa shape index (κ2) is 3.53. The molecule has 0 aliphatic heterocycles. The van der Waals surface area contributed by atoms with Gasteiger partial charge in [-0.05, 0) is 56.3 Å². The van der Waals surface area contributed by atoms with Crippen molar-refractivity contribution < 1.29 is 9.90 Å². The van der Waals surface area contributed by atoms with Gasteiger partial charge in [0.05, 0.1) is 17.4 Å². The molecule has 0 saturated heterocycles. The van der Waals surface area contributed by atoms with E-state index in [9.17, 15) is 9.90 Å². The molecule has 4 nitrogen and oxygen atoms in total.